The van der Waals surface area contributed by atoms with E-state index in [0.717, 1.165) is 31.9 Å². The Labute approximate surface area is 201 Å². The van der Waals surface area contributed by atoms with Crippen molar-refractivity contribution in [2.75, 3.05) is 35.8 Å². The van der Waals surface area contributed by atoms with Crippen LogP contribution < -0.4 is 20.3 Å². The highest BCUT2D eigenvalue weighted by Crippen LogP contribution is 2.26. The van der Waals surface area contributed by atoms with Crippen molar-refractivity contribution in [3.8, 4) is 0 Å². The lowest BCUT2D eigenvalue weighted by Gasteiger charge is -2.31. The van der Waals surface area contributed by atoms with E-state index in [4.69, 9.17) is 9.90 Å². The number of carbonyl (C=O) groups is 2. The first-order chi connectivity index (χ1) is 16.3. The number of hydrogen-bond acceptors (Lipinski definition) is 6. The van der Waals surface area contributed by atoms with Gasteiger partial charge < -0.3 is 20.6 Å². The second-order valence-corrected chi connectivity index (χ2v) is 9.50. The third kappa shape index (κ3) is 8.44. The topological polar surface area (TPSA) is 128 Å². The molecule has 1 fully saturated rings. The third-order valence-electron chi connectivity index (χ3n) is 4.67. The van der Waals surface area contributed by atoms with E-state index in [9.17, 15) is 26.4 Å². The molecule has 2 aromatic rings. The molecule has 0 saturated carbocycles. The lowest BCUT2D eigenvalue weighted by molar-refractivity contribution is -0.192. The molecule has 3 rings (SSSR count). The zero-order valence-electron chi connectivity index (χ0n) is 19.1. The Morgan fingerprint density at radius 3 is 2.14 bits per heavy atom. The maximum absolute atomic E-state index is 12.8. The predicted octanol–water partition coefficient (Wildman–Crippen LogP) is 2.67. The van der Waals surface area contributed by atoms with Crippen molar-refractivity contribution in [2.24, 2.45) is 0 Å². The normalized spacial score (nSPS) is 14.1. The summed E-state index contributed by atoms with van der Waals surface area (Å²) in [7, 11) is -3.72. The molecule has 0 radical (unpaired) electrons. The van der Waals surface area contributed by atoms with Crippen LogP contribution in [0, 0.1) is 0 Å². The highest BCUT2D eigenvalue weighted by Gasteiger charge is 2.38. The summed E-state index contributed by atoms with van der Waals surface area (Å²) >= 11 is 0. The number of amides is 1. The second kappa shape index (κ2) is 11.9. The number of rotatable bonds is 6. The zero-order chi connectivity index (χ0) is 26.2. The Balaban J connectivity index is 0.000000540. The summed E-state index contributed by atoms with van der Waals surface area (Å²) < 4.78 is 59.5. The Morgan fingerprint density at radius 1 is 1.06 bits per heavy atom. The minimum absolute atomic E-state index is 0.0203. The maximum Gasteiger partial charge on any atom is 0.490 e. The summed E-state index contributed by atoms with van der Waals surface area (Å²) in [5.74, 6) is -2.98. The van der Waals surface area contributed by atoms with Gasteiger partial charge in [-0.15, -0.1) is 0 Å². The van der Waals surface area contributed by atoms with Gasteiger partial charge in [-0.25, -0.2) is 13.2 Å². The van der Waals surface area contributed by atoms with Crippen molar-refractivity contribution in [3.63, 3.8) is 0 Å². The molecule has 0 spiro atoms. The quantitative estimate of drug-likeness (QED) is 0.465. The standard InChI is InChI=1S/C20H26N4O3S.C2HF3O2/c1-15(2)22-20(25)18-14-16(8-9-19(18)24-12-10-21-11-13-24)23-28(26,27)17-6-4-3-5-7-17;3-2(4,5)1(6)7/h3-9,14-15,21,23H,10-13H2,1-2H3,(H,22,25);(H,6,7). The molecule has 1 amide bonds. The van der Waals surface area contributed by atoms with Gasteiger partial charge in [-0.05, 0) is 44.2 Å². The van der Waals surface area contributed by atoms with E-state index in [-0.39, 0.29) is 16.8 Å². The molecule has 0 unspecified atom stereocenters. The van der Waals surface area contributed by atoms with Gasteiger partial charge in [-0.2, -0.15) is 13.2 Å². The second-order valence-electron chi connectivity index (χ2n) is 7.82. The van der Waals surface area contributed by atoms with E-state index in [0.29, 0.717) is 11.3 Å². The van der Waals surface area contributed by atoms with Crippen molar-refractivity contribution in [3.05, 3.63) is 54.1 Å². The highest BCUT2D eigenvalue weighted by molar-refractivity contribution is 7.92. The largest absolute Gasteiger partial charge is 0.490 e. The molecular weight excluding hydrogens is 489 g/mol. The van der Waals surface area contributed by atoms with Gasteiger partial charge in [0.15, 0.2) is 0 Å². The van der Waals surface area contributed by atoms with Gasteiger partial charge in [0.1, 0.15) is 0 Å². The van der Waals surface area contributed by atoms with Crippen molar-refractivity contribution >= 4 is 33.3 Å². The first-order valence-electron chi connectivity index (χ1n) is 10.6. The maximum atomic E-state index is 12.8. The van der Waals surface area contributed by atoms with E-state index >= 15 is 0 Å². The number of aliphatic carboxylic acids is 1. The number of benzene rings is 2. The molecule has 35 heavy (non-hydrogen) atoms. The van der Waals surface area contributed by atoms with Crippen LogP contribution in [0.15, 0.2) is 53.4 Å². The molecule has 1 saturated heterocycles. The van der Waals surface area contributed by atoms with Gasteiger partial charge >= 0.3 is 12.1 Å². The molecule has 0 atom stereocenters. The van der Waals surface area contributed by atoms with E-state index in [1.807, 2.05) is 19.9 Å². The summed E-state index contributed by atoms with van der Waals surface area (Å²) in [4.78, 5) is 24.0. The van der Waals surface area contributed by atoms with Crippen LogP contribution in [0.4, 0.5) is 24.5 Å². The number of piperazine rings is 1. The number of hydrogen-bond donors (Lipinski definition) is 4. The van der Waals surface area contributed by atoms with Crippen LogP contribution in [0.5, 0.6) is 0 Å². The minimum Gasteiger partial charge on any atom is -0.475 e. The van der Waals surface area contributed by atoms with Gasteiger partial charge in [-0.3, -0.25) is 9.52 Å². The molecular formula is C22H27F3N4O5S. The first-order valence-corrected chi connectivity index (χ1v) is 12.1. The zero-order valence-corrected chi connectivity index (χ0v) is 19.9. The first kappa shape index (κ1) is 27.9. The number of sulfonamides is 1. The Kier molecular flexibility index (Phi) is 9.48. The molecule has 0 aromatic heterocycles. The predicted molar refractivity (Wildman–Crippen MR) is 125 cm³/mol. The number of carboxylic acids is 1. The van der Waals surface area contributed by atoms with Gasteiger partial charge in [-0.1, -0.05) is 18.2 Å². The summed E-state index contributed by atoms with van der Waals surface area (Å²) in [6.45, 7) is 7.05. The van der Waals surface area contributed by atoms with Crippen molar-refractivity contribution in [1.82, 2.24) is 10.6 Å². The summed E-state index contributed by atoms with van der Waals surface area (Å²) in [6.07, 6.45) is -5.08. The summed E-state index contributed by atoms with van der Waals surface area (Å²) in [6, 6.07) is 13.3. The number of nitrogens with zero attached hydrogens (tertiary/aromatic N) is 1. The Bertz CT molecular complexity index is 1120. The summed E-state index contributed by atoms with van der Waals surface area (Å²) in [5.41, 5.74) is 1.63. The average molecular weight is 517 g/mol. The lowest BCUT2D eigenvalue weighted by Crippen LogP contribution is -2.44. The molecule has 0 aliphatic carbocycles. The fraction of sp³-hybridized carbons (Fsp3) is 0.364. The van der Waals surface area contributed by atoms with Gasteiger partial charge in [0, 0.05) is 43.6 Å². The van der Waals surface area contributed by atoms with Crippen molar-refractivity contribution in [2.45, 2.75) is 31.0 Å². The monoisotopic (exact) mass is 516 g/mol. The number of alkyl halides is 3. The summed E-state index contributed by atoms with van der Waals surface area (Å²) in [5, 5.41) is 13.3. The van der Waals surface area contributed by atoms with Crippen LogP contribution in [-0.2, 0) is 14.8 Å². The van der Waals surface area contributed by atoms with Crippen LogP contribution in [0.3, 0.4) is 0 Å². The van der Waals surface area contributed by atoms with Crippen LogP contribution in [0.25, 0.3) is 0 Å². The molecule has 13 heteroatoms. The third-order valence-corrected chi connectivity index (χ3v) is 6.06. The molecule has 192 valence electrons. The number of carbonyl (C=O) groups excluding carboxylic acids is 1. The molecule has 0 bridgehead atoms. The lowest BCUT2D eigenvalue weighted by atomic mass is 10.1. The molecule has 1 heterocycles. The number of nitrogens with one attached hydrogen (secondary N) is 3. The fourth-order valence-electron chi connectivity index (χ4n) is 3.12. The van der Waals surface area contributed by atoms with Gasteiger partial charge in [0.2, 0.25) is 0 Å². The Morgan fingerprint density at radius 2 is 1.63 bits per heavy atom. The molecule has 4 N–H and O–H groups in total. The molecule has 2 aromatic carbocycles. The number of halogens is 3. The number of carboxylic acid groups (broad SMARTS) is 1. The van der Waals surface area contributed by atoms with Crippen LogP contribution in [0.1, 0.15) is 24.2 Å². The van der Waals surface area contributed by atoms with E-state index < -0.39 is 22.2 Å². The minimum atomic E-state index is -5.08. The average Bonchev–Trinajstić information content (AvgIpc) is 2.79. The van der Waals surface area contributed by atoms with E-state index in [1.165, 1.54) is 12.1 Å². The van der Waals surface area contributed by atoms with Gasteiger partial charge in [0.25, 0.3) is 15.9 Å². The van der Waals surface area contributed by atoms with Crippen LogP contribution in [0.2, 0.25) is 0 Å². The highest BCUT2D eigenvalue weighted by atomic mass is 32.2. The number of anilines is 2. The van der Waals surface area contributed by atoms with Gasteiger partial charge in [0.05, 0.1) is 10.5 Å². The molecule has 1 aliphatic rings. The van der Waals surface area contributed by atoms with Crippen molar-refractivity contribution < 1.29 is 36.3 Å². The van der Waals surface area contributed by atoms with Crippen molar-refractivity contribution in [1.29, 1.82) is 0 Å². The van der Waals surface area contributed by atoms with E-state index in [1.54, 1.807) is 30.3 Å². The van der Waals surface area contributed by atoms with E-state index in [2.05, 4.69) is 20.3 Å². The fourth-order valence-corrected chi connectivity index (χ4v) is 4.19. The SMILES string of the molecule is CC(C)NC(=O)c1cc(NS(=O)(=O)c2ccccc2)ccc1N1CCNCC1.O=C(O)C(F)(F)F. The van der Waals surface area contributed by atoms with Crippen LogP contribution in [-0.4, -0.2) is 63.8 Å². The van der Waals surface area contributed by atoms with Crippen LogP contribution >= 0.6 is 0 Å². The Hall–Kier alpha value is -3.32. The molecule has 1 aliphatic heterocycles. The molecule has 9 nitrogen and oxygen atoms in total. The smallest absolute Gasteiger partial charge is 0.475 e.